The fraction of sp³-hybridized carbons (Fsp3) is 0.923. The predicted octanol–water partition coefficient (Wildman–Crippen LogP) is -0.175. The van der Waals surface area contributed by atoms with Gasteiger partial charge in [0.05, 0.1) is 6.54 Å². The van der Waals surface area contributed by atoms with Crippen molar-refractivity contribution in [2.45, 2.75) is 19.3 Å². The lowest BCUT2D eigenvalue weighted by atomic mass is 10.0. The molecule has 104 valence electrons. The molecule has 1 saturated carbocycles. The molecule has 1 amide bonds. The van der Waals surface area contributed by atoms with Crippen molar-refractivity contribution in [1.29, 1.82) is 0 Å². The zero-order valence-electron chi connectivity index (χ0n) is 11.3. The summed E-state index contributed by atoms with van der Waals surface area (Å²) >= 11 is 0. The van der Waals surface area contributed by atoms with Crippen LogP contribution in [0.1, 0.15) is 19.3 Å². The van der Waals surface area contributed by atoms with E-state index in [1.807, 2.05) is 0 Å². The van der Waals surface area contributed by atoms with Crippen molar-refractivity contribution in [2.24, 2.45) is 5.41 Å². The summed E-state index contributed by atoms with van der Waals surface area (Å²) in [5.41, 5.74) is 0.342. The minimum Gasteiger partial charge on any atom is -0.385 e. The molecule has 18 heavy (non-hydrogen) atoms. The number of carbonyl (C=O) groups is 1. The first-order valence-electron chi connectivity index (χ1n) is 6.93. The first kappa shape index (κ1) is 13.8. The number of piperazine rings is 1. The fourth-order valence-corrected chi connectivity index (χ4v) is 2.42. The first-order chi connectivity index (χ1) is 8.74. The van der Waals surface area contributed by atoms with Crippen molar-refractivity contribution in [1.82, 2.24) is 15.5 Å². The van der Waals surface area contributed by atoms with Gasteiger partial charge in [0.2, 0.25) is 5.91 Å². The number of amides is 1. The Labute approximate surface area is 109 Å². The number of hydrogen-bond donors (Lipinski definition) is 2. The summed E-state index contributed by atoms with van der Waals surface area (Å²) < 4.78 is 5.12. The van der Waals surface area contributed by atoms with Crippen LogP contribution in [-0.2, 0) is 9.53 Å². The van der Waals surface area contributed by atoms with Crippen LogP contribution >= 0.6 is 0 Å². The normalized spacial score (nSPS) is 22.7. The largest absolute Gasteiger partial charge is 0.385 e. The van der Waals surface area contributed by atoms with Gasteiger partial charge in [0, 0.05) is 46.4 Å². The second-order valence-electron chi connectivity index (χ2n) is 5.55. The van der Waals surface area contributed by atoms with Crippen LogP contribution in [0.15, 0.2) is 0 Å². The van der Waals surface area contributed by atoms with E-state index in [-0.39, 0.29) is 5.91 Å². The van der Waals surface area contributed by atoms with Crippen molar-refractivity contribution >= 4 is 5.91 Å². The van der Waals surface area contributed by atoms with Gasteiger partial charge < -0.3 is 15.4 Å². The number of nitrogens with zero attached hydrogens (tertiary/aromatic N) is 1. The van der Waals surface area contributed by atoms with Crippen LogP contribution in [0.5, 0.6) is 0 Å². The molecular formula is C13H25N3O2. The molecule has 5 nitrogen and oxygen atoms in total. The van der Waals surface area contributed by atoms with Gasteiger partial charge in [0.1, 0.15) is 0 Å². The summed E-state index contributed by atoms with van der Waals surface area (Å²) in [5, 5.41) is 6.38. The van der Waals surface area contributed by atoms with E-state index in [0.717, 1.165) is 45.8 Å². The van der Waals surface area contributed by atoms with Gasteiger partial charge in [-0.05, 0) is 24.7 Å². The highest BCUT2D eigenvalue weighted by Gasteiger charge is 2.42. The highest BCUT2D eigenvalue weighted by molar-refractivity contribution is 5.78. The molecule has 0 aromatic heterocycles. The van der Waals surface area contributed by atoms with E-state index >= 15 is 0 Å². The van der Waals surface area contributed by atoms with E-state index in [0.29, 0.717) is 12.0 Å². The molecule has 0 unspecified atom stereocenters. The number of carbonyl (C=O) groups excluding carboxylic acids is 1. The van der Waals surface area contributed by atoms with Crippen LogP contribution in [0.25, 0.3) is 0 Å². The molecule has 2 aliphatic rings. The molecule has 0 radical (unpaired) electrons. The number of nitrogens with one attached hydrogen (secondary N) is 2. The lowest BCUT2D eigenvalue weighted by Crippen LogP contribution is -2.48. The molecule has 1 heterocycles. The van der Waals surface area contributed by atoms with E-state index in [1.54, 1.807) is 7.11 Å². The standard InChI is InChI=1S/C13H25N3O2/c1-18-9-4-13(2-3-13)11-15-12(17)10-16-7-5-14-6-8-16/h14H,2-11H2,1H3,(H,15,17). The van der Waals surface area contributed by atoms with Gasteiger partial charge >= 0.3 is 0 Å². The minimum absolute atomic E-state index is 0.167. The first-order valence-corrected chi connectivity index (χ1v) is 6.93. The smallest absolute Gasteiger partial charge is 0.234 e. The molecular weight excluding hydrogens is 230 g/mol. The average Bonchev–Trinajstić information content (AvgIpc) is 3.16. The van der Waals surface area contributed by atoms with E-state index in [9.17, 15) is 4.79 Å². The molecule has 1 aliphatic heterocycles. The summed E-state index contributed by atoms with van der Waals surface area (Å²) in [6.45, 7) is 6.09. The second-order valence-corrected chi connectivity index (χ2v) is 5.55. The average molecular weight is 255 g/mol. The Balaban J connectivity index is 1.62. The lowest BCUT2D eigenvalue weighted by Gasteiger charge is -2.26. The number of ether oxygens (including phenoxy) is 1. The zero-order valence-corrected chi connectivity index (χ0v) is 11.3. The van der Waals surface area contributed by atoms with Gasteiger partial charge in [-0.3, -0.25) is 9.69 Å². The summed E-state index contributed by atoms with van der Waals surface area (Å²) in [7, 11) is 1.74. The maximum atomic E-state index is 11.9. The quantitative estimate of drug-likeness (QED) is 0.663. The summed E-state index contributed by atoms with van der Waals surface area (Å²) in [4.78, 5) is 14.1. The molecule has 0 aromatic carbocycles. The zero-order chi connectivity index (χ0) is 12.8. The molecule has 1 aliphatic carbocycles. The van der Waals surface area contributed by atoms with Gasteiger partial charge in [-0.2, -0.15) is 0 Å². The van der Waals surface area contributed by atoms with Gasteiger partial charge in [-0.15, -0.1) is 0 Å². The van der Waals surface area contributed by atoms with Crippen LogP contribution in [0.2, 0.25) is 0 Å². The molecule has 2 fully saturated rings. The Bertz CT molecular complexity index is 273. The molecule has 2 N–H and O–H groups in total. The SMILES string of the molecule is COCCC1(CNC(=O)CN2CCNCC2)CC1. The Morgan fingerprint density at radius 3 is 2.72 bits per heavy atom. The molecule has 0 aromatic rings. The van der Waals surface area contributed by atoms with E-state index in [4.69, 9.17) is 4.74 Å². The molecule has 0 bridgehead atoms. The van der Waals surface area contributed by atoms with Crippen LogP contribution in [0, 0.1) is 5.41 Å². The molecule has 0 spiro atoms. The Kier molecular flexibility index (Phi) is 4.97. The van der Waals surface area contributed by atoms with Crippen LogP contribution in [-0.4, -0.2) is 63.8 Å². The third kappa shape index (κ3) is 4.23. The molecule has 0 atom stereocenters. The third-order valence-electron chi connectivity index (χ3n) is 4.03. The van der Waals surface area contributed by atoms with Gasteiger partial charge in [0.15, 0.2) is 0 Å². The van der Waals surface area contributed by atoms with Crippen LogP contribution < -0.4 is 10.6 Å². The van der Waals surface area contributed by atoms with Gasteiger partial charge in [0.25, 0.3) is 0 Å². The monoisotopic (exact) mass is 255 g/mol. The highest BCUT2D eigenvalue weighted by Crippen LogP contribution is 2.48. The Hall–Kier alpha value is -0.650. The Morgan fingerprint density at radius 1 is 1.39 bits per heavy atom. The van der Waals surface area contributed by atoms with Gasteiger partial charge in [-0.25, -0.2) is 0 Å². The van der Waals surface area contributed by atoms with Crippen molar-refractivity contribution < 1.29 is 9.53 Å². The van der Waals surface area contributed by atoms with E-state index in [2.05, 4.69) is 15.5 Å². The molecule has 5 heteroatoms. The van der Waals surface area contributed by atoms with Crippen molar-refractivity contribution in [3.63, 3.8) is 0 Å². The maximum Gasteiger partial charge on any atom is 0.234 e. The van der Waals surface area contributed by atoms with Crippen molar-refractivity contribution in [3.05, 3.63) is 0 Å². The lowest BCUT2D eigenvalue weighted by molar-refractivity contribution is -0.122. The maximum absolute atomic E-state index is 11.9. The number of methoxy groups -OCH3 is 1. The van der Waals surface area contributed by atoms with Crippen LogP contribution in [0.3, 0.4) is 0 Å². The van der Waals surface area contributed by atoms with Crippen molar-refractivity contribution in [3.8, 4) is 0 Å². The van der Waals surface area contributed by atoms with E-state index < -0.39 is 0 Å². The van der Waals surface area contributed by atoms with Crippen LogP contribution in [0.4, 0.5) is 0 Å². The second kappa shape index (κ2) is 6.50. The summed E-state index contributed by atoms with van der Waals surface area (Å²) in [6.07, 6.45) is 3.52. The van der Waals surface area contributed by atoms with Gasteiger partial charge in [-0.1, -0.05) is 0 Å². The predicted molar refractivity (Wildman–Crippen MR) is 70.5 cm³/mol. The summed E-state index contributed by atoms with van der Waals surface area (Å²) in [5.74, 6) is 0.167. The van der Waals surface area contributed by atoms with E-state index in [1.165, 1.54) is 12.8 Å². The fourth-order valence-electron chi connectivity index (χ4n) is 2.42. The number of hydrogen-bond acceptors (Lipinski definition) is 4. The molecule has 2 rings (SSSR count). The summed E-state index contributed by atoms with van der Waals surface area (Å²) in [6, 6.07) is 0. The topological polar surface area (TPSA) is 53.6 Å². The number of rotatable bonds is 7. The van der Waals surface area contributed by atoms with Crippen molar-refractivity contribution in [2.75, 3.05) is 53.0 Å². The minimum atomic E-state index is 0.167. The highest BCUT2D eigenvalue weighted by atomic mass is 16.5. The third-order valence-corrected chi connectivity index (χ3v) is 4.03. The molecule has 1 saturated heterocycles. The Morgan fingerprint density at radius 2 is 2.11 bits per heavy atom.